The standard InChI is InChI=1S/C40H51N5O3S/c1-5-6-7-8-9-22-48-33-16-14-30(15-17-33)32-26-42-37(43-27-32)31-12-10-28(11-13-31)23-34(38(46)44-25-29-20-21-41-24-29)45-39(47)35-18-19-36(49-35)40(2,3)4/h10-19,26-27,29,34,41H,5-9,20-25H2,1-4H3,(H,44,46)(H,45,47)/t29?,34-/m0/s1. The van der Waals surface area contributed by atoms with Crippen LogP contribution >= 0.6 is 11.3 Å². The Bertz CT molecular complexity index is 1620. The highest BCUT2D eigenvalue weighted by atomic mass is 32.1. The summed E-state index contributed by atoms with van der Waals surface area (Å²) in [5, 5.41) is 9.46. The molecule has 0 aliphatic carbocycles. The van der Waals surface area contributed by atoms with Gasteiger partial charge in [0.1, 0.15) is 11.8 Å². The van der Waals surface area contributed by atoms with E-state index >= 15 is 0 Å². The molecular formula is C40H51N5O3S. The summed E-state index contributed by atoms with van der Waals surface area (Å²) >= 11 is 1.48. The number of nitrogens with one attached hydrogen (secondary N) is 3. The highest BCUT2D eigenvalue weighted by molar-refractivity contribution is 7.14. The van der Waals surface area contributed by atoms with Gasteiger partial charge in [-0.05, 0) is 72.7 Å². The van der Waals surface area contributed by atoms with Crippen LogP contribution in [0.25, 0.3) is 22.5 Å². The third kappa shape index (κ3) is 10.7. The van der Waals surface area contributed by atoms with Crippen LogP contribution in [0.2, 0.25) is 0 Å². The Morgan fingerprint density at radius 1 is 0.918 bits per heavy atom. The first kappa shape index (κ1) is 36.2. The summed E-state index contributed by atoms with van der Waals surface area (Å²) in [5.74, 6) is 1.51. The molecular weight excluding hydrogens is 631 g/mol. The summed E-state index contributed by atoms with van der Waals surface area (Å²) in [5.41, 5.74) is 3.74. The average molecular weight is 682 g/mol. The lowest BCUT2D eigenvalue weighted by Gasteiger charge is -2.20. The zero-order valence-corrected chi connectivity index (χ0v) is 30.2. The molecule has 3 N–H and O–H groups in total. The molecule has 1 saturated heterocycles. The number of carbonyl (C=O) groups is 2. The van der Waals surface area contributed by atoms with E-state index in [2.05, 4.69) is 53.6 Å². The second-order valence-corrected chi connectivity index (χ2v) is 15.1. The van der Waals surface area contributed by atoms with Crippen molar-refractivity contribution >= 4 is 23.2 Å². The van der Waals surface area contributed by atoms with E-state index in [9.17, 15) is 9.59 Å². The fourth-order valence-corrected chi connectivity index (χ4v) is 6.82. The lowest BCUT2D eigenvalue weighted by atomic mass is 9.95. The highest BCUT2D eigenvalue weighted by Gasteiger charge is 2.25. The van der Waals surface area contributed by atoms with Gasteiger partial charge in [-0.1, -0.05) is 89.8 Å². The Balaban J connectivity index is 1.20. The monoisotopic (exact) mass is 681 g/mol. The topological polar surface area (TPSA) is 105 Å². The molecule has 2 amide bonds. The van der Waals surface area contributed by atoms with E-state index in [0.29, 0.717) is 29.6 Å². The van der Waals surface area contributed by atoms with Crippen LogP contribution in [0, 0.1) is 5.92 Å². The highest BCUT2D eigenvalue weighted by Crippen LogP contribution is 2.29. The number of carbonyl (C=O) groups excluding carboxylic acids is 2. The van der Waals surface area contributed by atoms with Gasteiger partial charge in [-0.2, -0.15) is 0 Å². The molecule has 0 spiro atoms. The van der Waals surface area contributed by atoms with Gasteiger partial charge in [0.05, 0.1) is 11.5 Å². The van der Waals surface area contributed by atoms with E-state index in [1.165, 1.54) is 37.0 Å². The Labute approximate surface area is 295 Å². The molecule has 3 heterocycles. The number of amides is 2. The van der Waals surface area contributed by atoms with Crippen molar-refractivity contribution in [2.24, 2.45) is 5.92 Å². The number of rotatable bonds is 16. The zero-order chi connectivity index (χ0) is 34.6. The van der Waals surface area contributed by atoms with Gasteiger partial charge in [-0.3, -0.25) is 9.59 Å². The number of hydrogen-bond acceptors (Lipinski definition) is 7. The summed E-state index contributed by atoms with van der Waals surface area (Å²) in [7, 11) is 0. The van der Waals surface area contributed by atoms with Crippen LogP contribution in [-0.2, 0) is 16.6 Å². The first-order valence-electron chi connectivity index (χ1n) is 17.7. The van der Waals surface area contributed by atoms with E-state index in [1.807, 2.05) is 73.1 Å². The summed E-state index contributed by atoms with van der Waals surface area (Å²) < 4.78 is 5.91. The number of thiophene rings is 1. The summed E-state index contributed by atoms with van der Waals surface area (Å²) in [4.78, 5) is 37.7. The van der Waals surface area contributed by atoms with Crippen molar-refractivity contribution in [3.63, 3.8) is 0 Å². The van der Waals surface area contributed by atoms with Crippen LogP contribution in [0.4, 0.5) is 0 Å². The van der Waals surface area contributed by atoms with E-state index in [1.54, 1.807) is 0 Å². The third-order valence-electron chi connectivity index (χ3n) is 8.93. The van der Waals surface area contributed by atoms with Crippen LogP contribution in [-0.4, -0.2) is 54.1 Å². The molecule has 49 heavy (non-hydrogen) atoms. The maximum Gasteiger partial charge on any atom is 0.262 e. The van der Waals surface area contributed by atoms with Crippen molar-refractivity contribution in [1.82, 2.24) is 25.9 Å². The normalized spacial score (nSPS) is 15.1. The number of nitrogens with zero attached hydrogens (tertiary/aromatic N) is 2. The van der Waals surface area contributed by atoms with Crippen LogP contribution in [0.1, 0.15) is 86.3 Å². The maximum atomic E-state index is 13.4. The molecule has 0 bridgehead atoms. The molecule has 8 nitrogen and oxygen atoms in total. The summed E-state index contributed by atoms with van der Waals surface area (Å²) in [6.45, 7) is 11.8. The largest absolute Gasteiger partial charge is 0.494 e. The predicted octanol–water partition coefficient (Wildman–Crippen LogP) is 7.59. The minimum Gasteiger partial charge on any atom is -0.494 e. The zero-order valence-electron chi connectivity index (χ0n) is 29.4. The molecule has 2 aromatic carbocycles. The van der Waals surface area contributed by atoms with Gasteiger partial charge in [0, 0.05) is 41.4 Å². The van der Waals surface area contributed by atoms with E-state index in [4.69, 9.17) is 4.74 Å². The van der Waals surface area contributed by atoms with Gasteiger partial charge < -0.3 is 20.7 Å². The molecule has 0 saturated carbocycles. The Morgan fingerprint density at radius 3 is 2.29 bits per heavy atom. The van der Waals surface area contributed by atoms with Gasteiger partial charge in [0.25, 0.3) is 5.91 Å². The minimum absolute atomic E-state index is 0.0468. The smallest absolute Gasteiger partial charge is 0.262 e. The summed E-state index contributed by atoms with van der Waals surface area (Å²) in [6, 6.07) is 19.1. The number of benzene rings is 2. The summed E-state index contributed by atoms with van der Waals surface area (Å²) in [6.07, 6.45) is 11.2. The molecule has 4 aromatic rings. The Kier molecular flexibility index (Phi) is 13.0. The van der Waals surface area contributed by atoms with E-state index in [-0.39, 0.29) is 17.2 Å². The average Bonchev–Trinajstić information content (AvgIpc) is 3.83. The fraction of sp³-hybridized carbons (Fsp3) is 0.450. The molecule has 1 aliphatic rings. The third-order valence-corrected chi connectivity index (χ3v) is 10.4. The number of aromatic nitrogens is 2. The van der Waals surface area contributed by atoms with Crippen molar-refractivity contribution < 1.29 is 14.3 Å². The lowest BCUT2D eigenvalue weighted by Crippen LogP contribution is -2.49. The first-order valence-corrected chi connectivity index (χ1v) is 18.6. The Morgan fingerprint density at radius 2 is 1.63 bits per heavy atom. The molecule has 1 unspecified atom stereocenters. The SMILES string of the molecule is CCCCCCCOc1ccc(-c2cnc(-c3ccc(C[C@H](NC(=O)c4ccc(C(C)(C)C)s4)C(=O)NCC4CCNC4)cc3)nc2)cc1. The van der Waals surface area contributed by atoms with Gasteiger partial charge in [0.2, 0.25) is 5.91 Å². The first-order chi connectivity index (χ1) is 23.7. The number of unbranched alkanes of at least 4 members (excludes halogenated alkanes) is 4. The van der Waals surface area contributed by atoms with Gasteiger partial charge in [0.15, 0.2) is 5.82 Å². The van der Waals surface area contributed by atoms with Gasteiger partial charge >= 0.3 is 0 Å². The van der Waals surface area contributed by atoms with Crippen LogP contribution in [0.3, 0.4) is 0 Å². The van der Waals surface area contributed by atoms with Crippen molar-refractivity contribution in [2.75, 3.05) is 26.2 Å². The number of hydrogen-bond donors (Lipinski definition) is 3. The van der Waals surface area contributed by atoms with E-state index < -0.39 is 6.04 Å². The van der Waals surface area contributed by atoms with Crippen molar-refractivity contribution in [1.29, 1.82) is 0 Å². The molecule has 260 valence electrons. The fourth-order valence-electron chi connectivity index (χ4n) is 5.85. The van der Waals surface area contributed by atoms with Crippen molar-refractivity contribution in [3.05, 3.63) is 88.4 Å². The van der Waals surface area contributed by atoms with Crippen LogP contribution in [0.15, 0.2) is 73.1 Å². The molecule has 5 rings (SSSR count). The second-order valence-electron chi connectivity index (χ2n) is 14.0. The molecule has 2 atom stereocenters. The molecule has 2 aromatic heterocycles. The molecule has 1 aliphatic heterocycles. The van der Waals surface area contributed by atoms with Gasteiger partial charge in [-0.25, -0.2) is 9.97 Å². The second kappa shape index (κ2) is 17.5. The lowest BCUT2D eigenvalue weighted by molar-refractivity contribution is -0.123. The van der Waals surface area contributed by atoms with Crippen molar-refractivity contribution in [2.45, 2.75) is 84.1 Å². The molecule has 1 fully saturated rings. The van der Waals surface area contributed by atoms with Crippen LogP contribution in [0.5, 0.6) is 5.75 Å². The van der Waals surface area contributed by atoms with Crippen LogP contribution < -0.4 is 20.7 Å². The predicted molar refractivity (Wildman–Crippen MR) is 199 cm³/mol. The molecule has 0 radical (unpaired) electrons. The Hall–Kier alpha value is -4.08. The van der Waals surface area contributed by atoms with Crippen molar-refractivity contribution in [3.8, 4) is 28.3 Å². The van der Waals surface area contributed by atoms with E-state index in [0.717, 1.165) is 65.4 Å². The maximum absolute atomic E-state index is 13.4. The minimum atomic E-state index is -0.703. The quantitative estimate of drug-likeness (QED) is 0.105. The molecule has 9 heteroatoms. The number of ether oxygens (including phenoxy) is 1. The van der Waals surface area contributed by atoms with Gasteiger partial charge in [-0.15, -0.1) is 11.3 Å².